The molecule has 0 aromatic heterocycles. The van der Waals surface area contributed by atoms with E-state index >= 15 is 0 Å². The number of fused-ring (bicyclic) bond motifs is 2. The molecule has 26 heavy (non-hydrogen) atoms. The van der Waals surface area contributed by atoms with Crippen LogP contribution in [0.3, 0.4) is 0 Å². The first-order valence-electron chi connectivity index (χ1n) is 8.42. The number of ether oxygens (including phenoxy) is 2. The van der Waals surface area contributed by atoms with Crippen LogP contribution in [0.2, 0.25) is 0 Å². The van der Waals surface area contributed by atoms with E-state index in [1.807, 2.05) is 24.3 Å². The first-order chi connectivity index (χ1) is 12.7. The molecule has 0 bridgehead atoms. The molecule has 2 aliphatic rings. The van der Waals surface area contributed by atoms with E-state index in [1.165, 1.54) is 12.2 Å². The van der Waals surface area contributed by atoms with E-state index in [-0.39, 0.29) is 5.91 Å². The molecule has 0 atom stereocenters. The van der Waals surface area contributed by atoms with Gasteiger partial charge in [-0.15, -0.1) is 0 Å². The van der Waals surface area contributed by atoms with Crippen molar-refractivity contribution in [3.05, 3.63) is 58.7 Å². The fraction of sp³-hybridized carbons (Fsp3) is 0.300. The van der Waals surface area contributed by atoms with Crippen molar-refractivity contribution in [2.24, 2.45) is 0 Å². The van der Waals surface area contributed by atoms with Crippen molar-refractivity contribution in [3.8, 4) is 11.5 Å². The van der Waals surface area contributed by atoms with E-state index in [0.717, 1.165) is 36.0 Å². The summed E-state index contributed by atoms with van der Waals surface area (Å²) in [5.74, 6) is 1.30. The number of hydroxylamine groups is 2. The summed E-state index contributed by atoms with van der Waals surface area (Å²) in [5, 5.41) is 1.19. The summed E-state index contributed by atoms with van der Waals surface area (Å²) >= 11 is 0. The molecule has 4 rings (SSSR count). The highest BCUT2D eigenvalue weighted by atomic mass is 16.7. The molecule has 0 aliphatic carbocycles. The van der Waals surface area contributed by atoms with Crippen LogP contribution >= 0.6 is 0 Å². The van der Waals surface area contributed by atoms with Gasteiger partial charge in [0, 0.05) is 19.9 Å². The lowest BCUT2D eigenvalue weighted by molar-refractivity contribution is -0.0758. The Kier molecular flexibility index (Phi) is 5.53. The maximum absolute atomic E-state index is 11.9. The molecular weight excluding hydrogens is 334 g/mol. The number of aldehydes is 1. The zero-order valence-electron chi connectivity index (χ0n) is 14.9. The van der Waals surface area contributed by atoms with Gasteiger partial charge in [0.15, 0.2) is 6.29 Å². The quantitative estimate of drug-likeness (QED) is 0.626. The molecule has 136 valence electrons. The van der Waals surface area contributed by atoms with E-state index in [2.05, 4.69) is 0 Å². The van der Waals surface area contributed by atoms with Crippen molar-refractivity contribution in [2.75, 3.05) is 27.4 Å². The van der Waals surface area contributed by atoms with Crippen molar-refractivity contribution in [2.45, 2.75) is 12.8 Å². The van der Waals surface area contributed by atoms with Crippen LogP contribution in [0.4, 0.5) is 0 Å². The van der Waals surface area contributed by atoms with E-state index in [1.54, 1.807) is 19.2 Å². The molecule has 0 saturated heterocycles. The first kappa shape index (κ1) is 17.9. The highest BCUT2D eigenvalue weighted by Crippen LogP contribution is 2.30. The molecule has 6 nitrogen and oxygen atoms in total. The molecule has 2 aromatic rings. The van der Waals surface area contributed by atoms with Gasteiger partial charge in [-0.05, 0) is 23.3 Å². The normalized spacial score (nSPS) is 13.5. The minimum Gasteiger partial charge on any atom is -0.492 e. The lowest BCUT2D eigenvalue weighted by atomic mass is 10.1. The summed E-state index contributed by atoms with van der Waals surface area (Å²) < 4.78 is 10.7. The Bertz CT molecular complexity index is 818. The number of hydrogen-bond acceptors (Lipinski definition) is 5. The van der Waals surface area contributed by atoms with Gasteiger partial charge in [-0.2, -0.15) is 0 Å². The molecule has 0 saturated carbocycles. The summed E-state index contributed by atoms with van der Waals surface area (Å²) in [5.41, 5.74) is 3.47. The maximum Gasteiger partial charge on any atom is 0.280 e. The van der Waals surface area contributed by atoms with Gasteiger partial charge in [-0.25, -0.2) is 5.06 Å². The van der Waals surface area contributed by atoms with Crippen molar-refractivity contribution in [1.29, 1.82) is 0 Å². The van der Waals surface area contributed by atoms with Gasteiger partial charge in [-0.1, -0.05) is 24.3 Å². The summed E-state index contributed by atoms with van der Waals surface area (Å²) in [4.78, 5) is 27.2. The largest absolute Gasteiger partial charge is 0.492 e. The topological polar surface area (TPSA) is 65.1 Å². The third-order valence-electron chi connectivity index (χ3n) is 4.38. The molecule has 0 unspecified atom stereocenters. The van der Waals surface area contributed by atoms with E-state index in [4.69, 9.17) is 14.3 Å². The Morgan fingerprint density at radius 3 is 2.31 bits per heavy atom. The summed E-state index contributed by atoms with van der Waals surface area (Å²) in [6, 6.07) is 11.3. The van der Waals surface area contributed by atoms with Gasteiger partial charge in [0.2, 0.25) is 0 Å². The lowest BCUT2D eigenvalue weighted by Gasteiger charge is -2.15. The summed E-state index contributed by atoms with van der Waals surface area (Å²) in [7, 11) is 3.04. The van der Waals surface area contributed by atoms with Gasteiger partial charge < -0.3 is 9.47 Å². The van der Waals surface area contributed by atoms with Gasteiger partial charge in [0.1, 0.15) is 11.5 Å². The lowest BCUT2D eigenvalue weighted by Crippen LogP contribution is -2.25. The summed E-state index contributed by atoms with van der Waals surface area (Å²) in [6.45, 7) is 1.36. The predicted molar refractivity (Wildman–Crippen MR) is 95.8 cm³/mol. The number of hydrogen-bond donors (Lipinski definition) is 0. The highest BCUT2D eigenvalue weighted by molar-refractivity contribution is 5.96. The van der Waals surface area contributed by atoms with Crippen molar-refractivity contribution < 1.29 is 23.9 Å². The average molecular weight is 355 g/mol. The standard InChI is InChI=1S/C11H13NO3.C9H8O2/c1-12(14-2)11(13)9-5-3-4-8-6-7-15-10(8)9;10-6-8-3-1-2-7-4-5-11-9(7)8/h3-5H,6-7H2,1-2H3;1-3,6H,4-5H2. The van der Waals surface area contributed by atoms with Crippen LogP contribution in [-0.4, -0.2) is 44.6 Å². The van der Waals surface area contributed by atoms with E-state index in [0.29, 0.717) is 30.1 Å². The van der Waals surface area contributed by atoms with Crippen LogP contribution in [-0.2, 0) is 17.7 Å². The second-order valence-corrected chi connectivity index (χ2v) is 5.93. The second kappa shape index (κ2) is 8.01. The fourth-order valence-electron chi connectivity index (χ4n) is 2.97. The van der Waals surface area contributed by atoms with Crippen LogP contribution < -0.4 is 9.47 Å². The highest BCUT2D eigenvalue weighted by Gasteiger charge is 2.22. The van der Waals surface area contributed by atoms with Crippen molar-refractivity contribution >= 4 is 12.2 Å². The van der Waals surface area contributed by atoms with Gasteiger partial charge >= 0.3 is 0 Å². The number of para-hydroxylation sites is 2. The molecule has 1 amide bonds. The predicted octanol–water partition coefficient (Wildman–Crippen LogP) is 2.69. The molecular formula is C20H21NO5. The Morgan fingerprint density at radius 1 is 1.04 bits per heavy atom. The Hall–Kier alpha value is -2.86. The molecule has 6 heteroatoms. The second-order valence-electron chi connectivity index (χ2n) is 5.93. The number of rotatable bonds is 3. The number of carbonyl (C=O) groups is 2. The summed E-state index contributed by atoms with van der Waals surface area (Å²) in [6.07, 6.45) is 2.63. The smallest absolute Gasteiger partial charge is 0.280 e. The SMILES string of the molecule is CON(C)C(=O)c1cccc2c1OCC2.O=Cc1cccc2c1OCC2. The Labute approximate surface area is 152 Å². The monoisotopic (exact) mass is 355 g/mol. The Balaban J connectivity index is 0.000000158. The maximum atomic E-state index is 11.9. The minimum atomic E-state index is -0.184. The van der Waals surface area contributed by atoms with Crippen LogP contribution in [0.15, 0.2) is 36.4 Å². The Morgan fingerprint density at radius 2 is 1.65 bits per heavy atom. The molecule has 0 N–H and O–H groups in total. The van der Waals surface area contributed by atoms with Crippen LogP contribution in [0.25, 0.3) is 0 Å². The van der Waals surface area contributed by atoms with Crippen LogP contribution in [0.1, 0.15) is 31.8 Å². The molecule has 0 spiro atoms. The van der Waals surface area contributed by atoms with Gasteiger partial charge in [0.05, 0.1) is 31.5 Å². The van der Waals surface area contributed by atoms with Crippen molar-refractivity contribution in [3.63, 3.8) is 0 Å². The molecule has 2 aliphatic heterocycles. The molecule has 2 aromatic carbocycles. The number of nitrogens with zero attached hydrogens (tertiary/aromatic N) is 1. The van der Waals surface area contributed by atoms with Crippen molar-refractivity contribution in [1.82, 2.24) is 5.06 Å². The van der Waals surface area contributed by atoms with Crippen LogP contribution in [0, 0.1) is 0 Å². The van der Waals surface area contributed by atoms with Gasteiger partial charge in [-0.3, -0.25) is 14.4 Å². The fourth-order valence-corrected chi connectivity index (χ4v) is 2.97. The zero-order valence-corrected chi connectivity index (χ0v) is 14.9. The first-order valence-corrected chi connectivity index (χ1v) is 8.42. The van der Waals surface area contributed by atoms with Gasteiger partial charge in [0.25, 0.3) is 5.91 Å². The number of benzene rings is 2. The number of carbonyl (C=O) groups excluding carboxylic acids is 2. The van der Waals surface area contributed by atoms with Crippen LogP contribution in [0.5, 0.6) is 11.5 Å². The average Bonchev–Trinajstić information content (AvgIpc) is 3.35. The molecule has 2 heterocycles. The molecule has 0 radical (unpaired) electrons. The van der Waals surface area contributed by atoms with E-state index in [9.17, 15) is 9.59 Å². The number of amides is 1. The van der Waals surface area contributed by atoms with E-state index < -0.39 is 0 Å². The minimum absolute atomic E-state index is 0.184. The third-order valence-corrected chi connectivity index (χ3v) is 4.38. The zero-order chi connectivity index (χ0) is 18.5. The molecule has 0 fully saturated rings. The third kappa shape index (κ3) is 3.55.